The summed E-state index contributed by atoms with van der Waals surface area (Å²) in [4.78, 5) is 28.4. The quantitative estimate of drug-likeness (QED) is 0.443. The van der Waals surface area contributed by atoms with Gasteiger partial charge < -0.3 is 15.4 Å². The molecule has 3 aromatic rings. The first-order chi connectivity index (χ1) is 17.8. The van der Waals surface area contributed by atoms with Gasteiger partial charge >= 0.3 is 0 Å². The van der Waals surface area contributed by atoms with Crippen molar-refractivity contribution in [2.24, 2.45) is 5.92 Å². The number of nitrogens with two attached hydrogens (primary N) is 1. The molecule has 1 atom stereocenters. The molecule has 3 N–H and O–H groups in total. The molecule has 4 heterocycles. The van der Waals surface area contributed by atoms with Crippen LogP contribution in [0.25, 0.3) is 11.3 Å². The van der Waals surface area contributed by atoms with Crippen molar-refractivity contribution >= 4 is 27.6 Å². The molecule has 0 aromatic carbocycles. The van der Waals surface area contributed by atoms with E-state index in [2.05, 4.69) is 40.4 Å². The van der Waals surface area contributed by atoms with E-state index in [4.69, 9.17) is 15.5 Å². The Morgan fingerprint density at radius 3 is 2.61 bits per heavy atom. The van der Waals surface area contributed by atoms with Crippen LogP contribution in [0.15, 0.2) is 47.6 Å². The number of ether oxygens (including phenoxy) is 1. The van der Waals surface area contributed by atoms with Crippen LogP contribution >= 0.6 is 0 Å². The highest BCUT2D eigenvalue weighted by Crippen LogP contribution is 2.38. The zero-order valence-electron chi connectivity index (χ0n) is 22.5. The van der Waals surface area contributed by atoms with E-state index in [1.165, 1.54) is 18.3 Å². The molecular formula is C27H38N6O4S. The van der Waals surface area contributed by atoms with Gasteiger partial charge in [-0.05, 0) is 77.3 Å². The van der Waals surface area contributed by atoms with Gasteiger partial charge in [0.15, 0.2) is 0 Å². The number of hydrogen-bond acceptors (Lipinski definition) is 9. The first-order valence-corrected chi connectivity index (χ1v) is 14.0. The number of aromatic nitrogens is 3. The van der Waals surface area contributed by atoms with Crippen molar-refractivity contribution < 1.29 is 20.8 Å². The van der Waals surface area contributed by atoms with Gasteiger partial charge in [0, 0.05) is 38.5 Å². The van der Waals surface area contributed by atoms with Gasteiger partial charge in [-0.25, -0.2) is 28.1 Å². The molecule has 206 valence electrons. The Balaban J connectivity index is 0.00000280. The molecule has 0 saturated carbocycles. The smallest absolute Gasteiger partial charge is 0.268 e. The monoisotopic (exact) mass is 542 g/mol. The number of carbonyl (C=O) groups is 1. The summed E-state index contributed by atoms with van der Waals surface area (Å²) in [6, 6.07) is 7.97. The van der Waals surface area contributed by atoms with Gasteiger partial charge in [-0.15, -0.1) is 0 Å². The van der Waals surface area contributed by atoms with E-state index in [0.717, 1.165) is 17.5 Å². The molecule has 0 bridgehead atoms. The third kappa shape index (κ3) is 5.57. The molecule has 1 saturated heterocycles. The number of carbonyl (C=O) groups excluding carboxylic acids is 1. The standard InChI is InChI=1S/C27H34N6O4S.2H2/c1-16(2)37-26-18(4)12-19(14-30-26)21-10-9-20(24(31-21)33-15-17(3)13-27(33,5)6)25(34)32-38(35,36)22-8-7-11-29-23(22)28;;/h7-12,14,16-17H,13,15H2,1-6H3,(H2,28,29)(H,32,34);2*1H/t17-;;/m0../s1. The number of rotatable bonds is 7. The molecule has 10 nitrogen and oxygen atoms in total. The second-order valence-electron chi connectivity index (χ2n) is 10.6. The number of nitrogen functional groups attached to an aromatic ring is 1. The van der Waals surface area contributed by atoms with E-state index in [9.17, 15) is 13.2 Å². The Morgan fingerprint density at radius 2 is 2.00 bits per heavy atom. The minimum atomic E-state index is -4.26. The first kappa shape index (κ1) is 27.3. The molecular weight excluding hydrogens is 504 g/mol. The van der Waals surface area contributed by atoms with Gasteiger partial charge in [0.2, 0.25) is 5.88 Å². The van der Waals surface area contributed by atoms with Crippen molar-refractivity contribution in [2.45, 2.75) is 64.5 Å². The van der Waals surface area contributed by atoms with Crippen LogP contribution in [0.4, 0.5) is 11.6 Å². The molecule has 1 aliphatic rings. The molecule has 0 spiro atoms. The maximum Gasteiger partial charge on any atom is 0.268 e. The fourth-order valence-corrected chi connectivity index (χ4v) is 5.91. The van der Waals surface area contributed by atoms with E-state index in [-0.39, 0.29) is 30.8 Å². The maximum atomic E-state index is 13.4. The van der Waals surface area contributed by atoms with E-state index in [1.807, 2.05) is 26.8 Å². The van der Waals surface area contributed by atoms with Gasteiger partial charge in [0.1, 0.15) is 16.5 Å². The minimum absolute atomic E-state index is 0. The molecule has 1 fully saturated rings. The SMILES string of the molecule is Cc1cc(-c2ccc(C(=O)NS(=O)(=O)c3cccnc3N)c(N3C[C@@H](C)CC3(C)C)n2)cnc1OC(C)C.[HH].[HH]. The average Bonchev–Trinajstić information content (AvgIpc) is 3.11. The van der Waals surface area contributed by atoms with Crippen LogP contribution in [0.2, 0.25) is 0 Å². The van der Waals surface area contributed by atoms with Gasteiger partial charge in [-0.1, -0.05) is 6.92 Å². The zero-order valence-corrected chi connectivity index (χ0v) is 23.3. The molecule has 1 amide bonds. The lowest BCUT2D eigenvalue weighted by Crippen LogP contribution is -2.41. The molecule has 0 aliphatic carbocycles. The molecule has 3 aromatic heterocycles. The summed E-state index contributed by atoms with van der Waals surface area (Å²) in [5, 5.41) is 0. The number of amides is 1. The summed E-state index contributed by atoms with van der Waals surface area (Å²) in [7, 11) is -4.26. The van der Waals surface area contributed by atoms with Gasteiger partial charge in [-0.2, -0.15) is 0 Å². The third-order valence-corrected chi connectivity index (χ3v) is 7.82. The number of aryl methyl sites for hydroxylation is 1. The highest BCUT2D eigenvalue weighted by molar-refractivity contribution is 7.90. The fraction of sp³-hybridized carbons (Fsp3) is 0.407. The molecule has 11 heteroatoms. The van der Waals surface area contributed by atoms with Crippen molar-refractivity contribution in [3.8, 4) is 17.1 Å². The summed E-state index contributed by atoms with van der Waals surface area (Å²) < 4.78 is 33.9. The second-order valence-corrected chi connectivity index (χ2v) is 12.3. The first-order valence-electron chi connectivity index (χ1n) is 12.5. The number of nitrogens with zero attached hydrogens (tertiary/aromatic N) is 4. The summed E-state index contributed by atoms with van der Waals surface area (Å²) >= 11 is 0. The number of sulfonamides is 1. The Hall–Kier alpha value is -3.73. The lowest BCUT2D eigenvalue weighted by Gasteiger charge is -2.34. The van der Waals surface area contributed by atoms with Crippen LogP contribution in [0.5, 0.6) is 5.88 Å². The average molecular weight is 543 g/mol. The number of hydrogen-bond donors (Lipinski definition) is 2. The van der Waals surface area contributed by atoms with Crippen LogP contribution in [-0.4, -0.2) is 47.5 Å². The fourth-order valence-electron chi connectivity index (χ4n) is 4.86. The zero-order chi connectivity index (χ0) is 27.8. The summed E-state index contributed by atoms with van der Waals surface area (Å²) in [5.41, 5.74) is 7.83. The summed E-state index contributed by atoms with van der Waals surface area (Å²) in [5.74, 6) is 0.330. The molecule has 0 unspecified atom stereocenters. The van der Waals surface area contributed by atoms with E-state index in [0.29, 0.717) is 29.9 Å². The molecule has 0 radical (unpaired) electrons. The van der Waals surface area contributed by atoms with Crippen LogP contribution in [-0.2, 0) is 10.0 Å². The van der Waals surface area contributed by atoms with Crippen molar-refractivity contribution in [3.05, 3.63) is 53.9 Å². The van der Waals surface area contributed by atoms with Crippen molar-refractivity contribution in [3.63, 3.8) is 0 Å². The summed E-state index contributed by atoms with van der Waals surface area (Å²) in [6.07, 6.45) is 3.95. The highest BCUT2D eigenvalue weighted by Gasteiger charge is 2.39. The lowest BCUT2D eigenvalue weighted by atomic mass is 9.97. The molecule has 4 rings (SSSR count). The largest absolute Gasteiger partial charge is 0.475 e. The van der Waals surface area contributed by atoms with Crippen molar-refractivity contribution in [1.82, 2.24) is 19.7 Å². The Kier molecular flexibility index (Phi) is 7.33. The third-order valence-electron chi connectivity index (χ3n) is 6.44. The van der Waals surface area contributed by atoms with Crippen LogP contribution < -0.4 is 20.1 Å². The van der Waals surface area contributed by atoms with Crippen LogP contribution in [0.1, 0.15) is 59.8 Å². The lowest BCUT2D eigenvalue weighted by molar-refractivity contribution is 0.0981. The Labute approximate surface area is 226 Å². The topological polar surface area (TPSA) is 140 Å². The van der Waals surface area contributed by atoms with E-state index in [1.54, 1.807) is 18.3 Å². The number of nitrogens with one attached hydrogen (secondary N) is 1. The Bertz CT molecular complexity index is 1480. The van der Waals surface area contributed by atoms with Crippen molar-refractivity contribution in [2.75, 3.05) is 17.2 Å². The summed E-state index contributed by atoms with van der Waals surface area (Å²) in [6.45, 7) is 12.8. The maximum absolute atomic E-state index is 13.4. The Morgan fingerprint density at radius 1 is 1.26 bits per heavy atom. The number of pyridine rings is 3. The van der Waals surface area contributed by atoms with E-state index < -0.39 is 15.9 Å². The van der Waals surface area contributed by atoms with Gasteiger partial charge in [0.25, 0.3) is 15.9 Å². The predicted molar refractivity (Wildman–Crippen MR) is 151 cm³/mol. The minimum Gasteiger partial charge on any atom is -0.475 e. The normalized spacial score (nSPS) is 17.0. The van der Waals surface area contributed by atoms with Crippen LogP contribution in [0, 0.1) is 12.8 Å². The van der Waals surface area contributed by atoms with Crippen molar-refractivity contribution in [1.29, 1.82) is 0 Å². The van der Waals surface area contributed by atoms with Gasteiger partial charge in [0.05, 0.1) is 17.4 Å². The molecule has 38 heavy (non-hydrogen) atoms. The molecule has 1 aliphatic heterocycles. The predicted octanol–water partition coefficient (Wildman–Crippen LogP) is 4.45. The van der Waals surface area contributed by atoms with Gasteiger partial charge in [-0.3, -0.25) is 4.79 Å². The van der Waals surface area contributed by atoms with Crippen LogP contribution in [0.3, 0.4) is 0 Å². The second kappa shape index (κ2) is 10.2. The highest BCUT2D eigenvalue weighted by atomic mass is 32.2. The number of anilines is 2. The van der Waals surface area contributed by atoms with E-state index >= 15 is 0 Å².